The summed E-state index contributed by atoms with van der Waals surface area (Å²) in [5.74, 6) is 0.799. The van der Waals surface area contributed by atoms with Crippen LogP contribution >= 0.6 is 0 Å². The Balaban J connectivity index is 1.78. The predicted molar refractivity (Wildman–Crippen MR) is 73.6 cm³/mol. The van der Waals surface area contributed by atoms with Gasteiger partial charge in [-0.15, -0.1) is 0 Å². The topological polar surface area (TPSA) is 44.4 Å². The molecular weight excluding hydrogens is 226 g/mol. The summed E-state index contributed by atoms with van der Waals surface area (Å²) in [6.07, 6.45) is 3.68. The Morgan fingerprint density at radius 1 is 1.28 bits per heavy atom. The normalized spacial score (nSPS) is 26.5. The second kappa shape index (κ2) is 5.47. The quantitative estimate of drug-likeness (QED) is 0.806. The van der Waals surface area contributed by atoms with E-state index >= 15 is 0 Å². The summed E-state index contributed by atoms with van der Waals surface area (Å²) in [7, 11) is 0. The molecular formula is C14H27N3O. The number of urea groups is 1. The molecule has 2 heterocycles. The van der Waals surface area contributed by atoms with Crippen LogP contribution in [0.1, 0.15) is 40.0 Å². The van der Waals surface area contributed by atoms with Crippen molar-refractivity contribution in [1.82, 2.24) is 15.5 Å². The standard InChI is InChI=1S/C14H27N3O/c1-14(2,3)12-10-17(13(18)16-12)9-6-11-4-7-15-8-5-11/h11-12,15H,4-10H2,1-3H3,(H,16,18). The van der Waals surface area contributed by atoms with Gasteiger partial charge in [-0.2, -0.15) is 0 Å². The highest BCUT2D eigenvalue weighted by Gasteiger charge is 2.36. The van der Waals surface area contributed by atoms with E-state index in [2.05, 4.69) is 31.4 Å². The molecule has 0 radical (unpaired) electrons. The van der Waals surface area contributed by atoms with Crippen LogP contribution in [0, 0.1) is 11.3 Å². The van der Waals surface area contributed by atoms with Gasteiger partial charge in [-0.1, -0.05) is 20.8 Å². The molecule has 2 fully saturated rings. The monoisotopic (exact) mass is 253 g/mol. The van der Waals surface area contributed by atoms with Gasteiger partial charge in [-0.05, 0) is 43.7 Å². The molecule has 1 atom stereocenters. The second-order valence-electron chi connectivity index (χ2n) is 6.80. The molecule has 0 aliphatic carbocycles. The van der Waals surface area contributed by atoms with E-state index in [1.807, 2.05) is 4.90 Å². The zero-order valence-corrected chi connectivity index (χ0v) is 12.0. The zero-order valence-electron chi connectivity index (χ0n) is 12.0. The summed E-state index contributed by atoms with van der Waals surface area (Å²) in [6.45, 7) is 10.6. The van der Waals surface area contributed by atoms with Crippen LogP contribution in [-0.2, 0) is 0 Å². The molecule has 104 valence electrons. The van der Waals surface area contributed by atoms with Gasteiger partial charge in [0.05, 0.1) is 6.04 Å². The van der Waals surface area contributed by atoms with Crippen molar-refractivity contribution in [3.63, 3.8) is 0 Å². The summed E-state index contributed by atoms with van der Waals surface area (Å²) in [6, 6.07) is 0.418. The fourth-order valence-electron chi connectivity index (χ4n) is 2.78. The van der Waals surface area contributed by atoms with Crippen LogP contribution in [0.2, 0.25) is 0 Å². The van der Waals surface area contributed by atoms with Gasteiger partial charge in [0.2, 0.25) is 0 Å². The minimum Gasteiger partial charge on any atom is -0.333 e. The van der Waals surface area contributed by atoms with Crippen LogP contribution < -0.4 is 10.6 Å². The highest BCUT2D eigenvalue weighted by molar-refractivity contribution is 5.77. The average molecular weight is 253 g/mol. The van der Waals surface area contributed by atoms with Gasteiger partial charge in [0.1, 0.15) is 0 Å². The van der Waals surface area contributed by atoms with Crippen LogP contribution in [0.4, 0.5) is 4.79 Å². The lowest BCUT2D eigenvalue weighted by atomic mass is 9.87. The third-order valence-corrected chi connectivity index (χ3v) is 4.30. The lowest BCUT2D eigenvalue weighted by Crippen LogP contribution is -2.38. The summed E-state index contributed by atoms with van der Waals surface area (Å²) in [5.41, 5.74) is 0.152. The molecule has 2 saturated heterocycles. The second-order valence-corrected chi connectivity index (χ2v) is 6.80. The van der Waals surface area contributed by atoms with Gasteiger partial charge in [0, 0.05) is 13.1 Å². The Morgan fingerprint density at radius 2 is 1.94 bits per heavy atom. The molecule has 0 aromatic rings. The molecule has 0 spiro atoms. The minimum absolute atomic E-state index is 0.129. The molecule has 2 rings (SSSR count). The van der Waals surface area contributed by atoms with Crippen molar-refractivity contribution in [1.29, 1.82) is 0 Å². The minimum atomic E-state index is 0.129. The van der Waals surface area contributed by atoms with Crippen molar-refractivity contribution in [2.75, 3.05) is 26.2 Å². The van der Waals surface area contributed by atoms with E-state index in [1.165, 1.54) is 12.8 Å². The van der Waals surface area contributed by atoms with Gasteiger partial charge < -0.3 is 15.5 Å². The molecule has 0 aromatic carbocycles. The maximum absolute atomic E-state index is 11.9. The molecule has 2 aliphatic heterocycles. The fourth-order valence-corrected chi connectivity index (χ4v) is 2.78. The Labute approximate surface area is 110 Å². The first-order chi connectivity index (χ1) is 8.47. The van der Waals surface area contributed by atoms with Gasteiger partial charge in [-0.25, -0.2) is 4.79 Å². The van der Waals surface area contributed by atoms with Crippen molar-refractivity contribution < 1.29 is 4.79 Å². The number of nitrogens with one attached hydrogen (secondary N) is 2. The van der Waals surface area contributed by atoms with Crippen molar-refractivity contribution in [3.8, 4) is 0 Å². The molecule has 2 aliphatic rings. The van der Waals surface area contributed by atoms with E-state index in [9.17, 15) is 4.79 Å². The van der Waals surface area contributed by atoms with Crippen LogP contribution in [0.5, 0.6) is 0 Å². The van der Waals surface area contributed by atoms with Gasteiger partial charge in [0.25, 0.3) is 0 Å². The zero-order chi connectivity index (χ0) is 13.2. The molecule has 18 heavy (non-hydrogen) atoms. The lowest BCUT2D eigenvalue weighted by molar-refractivity contribution is 0.210. The summed E-state index contributed by atoms with van der Waals surface area (Å²) in [5, 5.41) is 6.49. The van der Waals surface area contributed by atoms with E-state index in [1.54, 1.807) is 0 Å². The van der Waals surface area contributed by atoms with E-state index in [-0.39, 0.29) is 17.5 Å². The Kier molecular flexibility index (Phi) is 4.15. The predicted octanol–water partition coefficient (Wildman–Crippen LogP) is 1.82. The third kappa shape index (κ3) is 3.37. The number of rotatable bonds is 3. The largest absolute Gasteiger partial charge is 0.333 e. The summed E-state index contributed by atoms with van der Waals surface area (Å²) < 4.78 is 0. The third-order valence-electron chi connectivity index (χ3n) is 4.30. The highest BCUT2D eigenvalue weighted by atomic mass is 16.2. The average Bonchev–Trinajstić information content (AvgIpc) is 2.69. The number of nitrogens with zero attached hydrogens (tertiary/aromatic N) is 1. The van der Waals surface area contributed by atoms with E-state index in [0.29, 0.717) is 0 Å². The smallest absolute Gasteiger partial charge is 0.317 e. The summed E-state index contributed by atoms with van der Waals surface area (Å²) in [4.78, 5) is 13.9. The number of carbonyl (C=O) groups excluding carboxylic acids is 1. The van der Waals surface area contributed by atoms with Crippen molar-refractivity contribution in [2.45, 2.75) is 46.1 Å². The molecule has 0 saturated carbocycles. The molecule has 2 amide bonds. The SMILES string of the molecule is CC(C)(C)C1CN(CCC2CCNCC2)C(=O)N1. The Bertz CT molecular complexity index is 292. The molecule has 0 aromatic heterocycles. The molecule has 2 N–H and O–H groups in total. The van der Waals surface area contributed by atoms with Gasteiger partial charge in [0.15, 0.2) is 0 Å². The first kappa shape index (κ1) is 13.7. The molecule has 1 unspecified atom stereocenters. The first-order valence-electron chi connectivity index (χ1n) is 7.23. The van der Waals surface area contributed by atoms with E-state index in [0.717, 1.165) is 38.5 Å². The van der Waals surface area contributed by atoms with Gasteiger partial charge >= 0.3 is 6.03 Å². The van der Waals surface area contributed by atoms with E-state index < -0.39 is 0 Å². The number of hydrogen-bond donors (Lipinski definition) is 2. The molecule has 0 bridgehead atoms. The Morgan fingerprint density at radius 3 is 2.50 bits per heavy atom. The number of piperidine rings is 1. The van der Waals surface area contributed by atoms with Crippen LogP contribution in [0.25, 0.3) is 0 Å². The maximum atomic E-state index is 11.9. The highest BCUT2D eigenvalue weighted by Crippen LogP contribution is 2.25. The van der Waals surface area contributed by atoms with Crippen molar-refractivity contribution in [3.05, 3.63) is 0 Å². The van der Waals surface area contributed by atoms with Crippen LogP contribution in [-0.4, -0.2) is 43.2 Å². The lowest BCUT2D eigenvalue weighted by Gasteiger charge is -2.27. The van der Waals surface area contributed by atoms with E-state index in [4.69, 9.17) is 0 Å². The molecule has 4 heteroatoms. The molecule has 4 nitrogen and oxygen atoms in total. The van der Waals surface area contributed by atoms with Crippen LogP contribution in [0.3, 0.4) is 0 Å². The summed E-state index contributed by atoms with van der Waals surface area (Å²) >= 11 is 0. The Hall–Kier alpha value is -0.770. The maximum Gasteiger partial charge on any atom is 0.317 e. The van der Waals surface area contributed by atoms with Crippen molar-refractivity contribution in [2.24, 2.45) is 11.3 Å². The van der Waals surface area contributed by atoms with Gasteiger partial charge in [-0.3, -0.25) is 0 Å². The van der Waals surface area contributed by atoms with Crippen molar-refractivity contribution >= 4 is 6.03 Å². The first-order valence-corrected chi connectivity index (χ1v) is 7.23. The van der Waals surface area contributed by atoms with Crippen LogP contribution in [0.15, 0.2) is 0 Å². The fraction of sp³-hybridized carbons (Fsp3) is 0.929. The number of amides is 2. The number of carbonyl (C=O) groups is 1. The number of hydrogen-bond acceptors (Lipinski definition) is 2.